The fourth-order valence-electron chi connectivity index (χ4n) is 3.12. The lowest BCUT2D eigenvalue weighted by Crippen LogP contribution is -2.50. The summed E-state index contributed by atoms with van der Waals surface area (Å²) >= 11 is 0. The number of alkyl halides is 2. The van der Waals surface area contributed by atoms with E-state index in [1.165, 1.54) is 0 Å². The minimum absolute atomic E-state index is 0.106. The molecular formula is C18H26F2N2O2. The zero-order valence-corrected chi connectivity index (χ0v) is 14.4. The van der Waals surface area contributed by atoms with Crippen LogP contribution in [-0.4, -0.2) is 62.0 Å². The Morgan fingerprint density at radius 2 is 1.88 bits per heavy atom. The van der Waals surface area contributed by atoms with Gasteiger partial charge < -0.3 is 9.64 Å². The molecule has 1 atom stereocenters. The third-order valence-electron chi connectivity index (χ3n) is 4.41. The molecule has 0 N–H and O–H groups in total. The first-order valence-electron chi connectivity index (χ1n) is 8.39. The number of piperazine rings is 1. The highest BCUT2D eigenvalue weighted by Crippen LogP contribution is 2.22. The van der Waals surface area contributed by atoms with Crippen molar-refractivity contribution in [1.82, 2.24) is 9.80 Å². The highest BCUT2D eigenvalue weighted by atomic mass is 19.3. The number of carbonyl (C=O) groups is 1. The van der Waals surface area contributed by atoms with E-state index in [0.717, 1.165) is 17.7 Å². The number of amides is 1. The van der Waals surface area contributed by atoms with Crippen LogP contribution in [0.2, 0.25) is 0 Å². The van der Waals surface area contributed by atoms with Gasteiger partial charge >= 0.3 is 0 Å². The summed E-state index contributed by atoms with van der Waals surface area (Å²) < 4.78 is 30.1. The van der Waals surface area contributed by atoms with Gasteiger partial charge in [-0.1, -0.05) is 25.1 Å². The van der Waals surface area contributed by atoms with E-state index >= 15 is 0 Å². The molecular weight excluding hydrogens is 314 g/mol. The zero-order chi connectivity index (χ0) is 17.5. The van der Waals surface area contributed by atoms with E-state index in [1.807, 2.05) is 24.3 Å². The maximum atomic E-state index is 12.4. The van der Waals surface area contributed by atoms with Crippen molar-refractivity contribution in [2.45, 2.75) is 26.2 Å². The number of nitrogens with zero attached hydrogens (tertiary/aromatic N) is 2. The zero-order valence-electron chi connectivity index (χ0n) is 14.4. The molecule has 0 spiro atoms. The van der Waals surface area contributed by atoms with Crippen molar-refractivity contribution in [1.29, 1.82) is 0 Å². The Kier molecular flexibility index (Phi) is 6.97. The van der Waals surface area contributed by atoms with E-state index in [2.05, 4.69) is 6.92 Å². The van der Waals surface area contributed by atoms with Gasteiger partial charge in [-0.3, -0.25) is 9.69 Å². The molecule has 4 nitrogen and oxygen atoms in total. The molecule has 2 rings (SSSR count). The van der Waals surface area contributed by atoms with E-state index < -0.39 is 6.43 Å². The fraction of sp³-hybridized carbons (Fsp3) is 0.611. The van der Waals surface area contributed by atoms with Crippen LogP contribution in [0.5, 0.6) is 5.75 Å². The molecule has 1 saturated heterocycles. The first kappa shape index (κ1) is 18.6. The summed E-state index contributed by atoms with van der Waals surface area (Å²) in [5.74, 6) is 1.15. The highest BCUT2D eigenvalue weighted by Gasteiger charge is 2.24. The van der Waals surface area contributed by atoms with Gasteiger partial charge in [-0.15, -0.1) is 0 Å². The predicted octanol–water partition coefficient (Wildman–Crippen LogP) is 2.67. The average molecular weight is 340 g/mol. The molecule has 0 aromatic heterocycles. The molecule has 0 bridgehead atoms. The van der Waals surface area contributed by atoms with Gasteiger partial charge in [0.2, 0.25) is 5.91 Å². The van der Waals surface area contributed by atoms with E-state index in [-0.39, 0.29) is 18.4 Å². The van der Waals surface area contributed by atoms with Crippen LogP contribution >= 0.6 is 0 Å². The lowest BCUT2D eigenvalue weighted by Gasteiger charge is -2.35. The Balaban J connectivity index is 1.80. The van der Waals surface area contributed by atoms with Crippen LogP contribution in [0.3, 0.4) is 0 Å². The van der Waals surface area contributed by atoms with Crippen LogP contribution in [-0.2, 0) is 11.2 Å². The van der Waals surface area contributed by atoms with Gasteiger partial charge in [-0.2, -0.15) is 0 Å². The normalized spacial score (nSPS) is 17.1. The second-order valence-corrected chi connectivity index (χ2v) is 6.40. The summed E-state index contributed by atoms with van der Waals surface area (Å²) in [5.41, 5.74) is 1.10. The van der Waals surface area contributed by atoms with Crippen molar-refractivity contribution in [3.05, 3.63) is 29.8 Å². The summed E-state index contributed by atoms with van der Waals surface area (Å²) in [4.78, 5) is 15.9. The molecule has 1 amide bonds. The number of halogens is 2. The summed E-state index contributed by atoms with van der Waals surface area (Å²) in [5, 5.41) is 0. The second-order valence-electron chi connectivity index (χ2n) is 6.40. The average Bonchev–Trinajstić information content (AvgIpc) is 2.55. The number of benzene rings is 1. The Hall–Kier alpha value is -1.69. The largest absolute Gasteiger partial charge is 0.496 e. The number of carbonyl (C=O) groups excluding carboxylic acids is 1. The number of ether oxygens (including phenoxy) is 1. The quantitative estimate of drug-likeness (QED) is 0.765. The van der Waals surface area contributed by atoms with Gasteiger partial charge in [0.05, 0.1) is 13.7 Å². The lowest BCUT2D eigenvalue weighted by atomic mass is 9.96. The molecule has 0 saturated carbocycles. The maximum Gasteiger partial charge on any atom is 0.251 e. The third-order valence-corrected chi connectivity index (χ3v) is 4.41. The third kappa shape index (κ3) is 5.44. The number of hydrogen-bond donors (Lipinski definition) is 0. The van der Waals surface area contributed by atoms with E-state index in [9.17, 15) is 13.6 Å². The molecule has 6 heteroatoms. The number of rotatable bonds is 7. The van der Waals surface area contributed by atoms with E-state index in [4.69, 9.17) is 4.74 Å². The Labute approximate surface area is 142 Å². The molecule has 1 aromatic rings. The van der Waals surface area contributed by atoms with Crippen LogP contribution in [0.25, 0.3) is 0 Å². The summed E-state index contributed by atoms with van der Waals surface area (Å²) in [6.07, 6.45) is -1.07. The summed E-state index contributed by atoms with van der Waals surface area (Å²) in [6.45, 7) is 3.97. The fourth-order valence-corrected chi connectivity index (χ4v) is 3.12. The molecule has 0 unspecified atom stereocenters. The second kappa shape index (κ2) is 8.97. The van der Waals surface area contributed by atoms with Crippen molar-refractivity contribution >= 4 is 5.91 Å². The SMILES string of the molecule is COc1ccccc1C[C@@H](C)CC(=O)N1CCN(CC(F)F)CC1. The van der Waals surface area contributed by atoms with Crippen molar-refractivity contribution in [2.24, 2.45) is 5.92 Å². The van der Waals surface area contributed by atoms with E-state index in [1.54, 1.807) is 16.9 Å². The van der Waals surface area contributed by atoms with Crippen LogP contribution in [0.15, 0.2) is 24.3 Å². The van der Waals surface area contributed by atoms with Gasteiger partial charge in [-0.05, 0) is 24.0 Å². The minimum Gasteiger partial charge on any atom is -0.496 e. The topological polar surface area (TPSA) is 32.8 Å². The summed E-state index contributed by atoms with van der Waals surface area (Å²) in [6, 6.07) is 7.83. The Morgan fingerprint density at radius 3 is 2.50 bits per heavy atom. The van der Waals surface area contributed by atoms with Gasteiger partial charge in [0.1, 0.15) is 5.75 Å². The first-order valence-corrected chi connectivity index (χ1v) is 8.39. The molecule has 1 fully saturated rings. The molecule has 24 heavy (non-hydrogen) atoms. The molecule has 1 aliphatic heterocycles. The predicted molar refractivity (Wildman–Crippen MR) is 89.5 cm³/mol. The van der Waals surface area contributed by atoms with Crippen molar-refractivity contribution in [3.63, 3.8) is 0 Å². The number of methoxy groups -OCH3 is 1. The Bertz CT molecular complexity index is 532. The van der Waals surface area contributed by atoms with Crippen LogP contribution < -0.4 is 4.74 Å². The molecule has 134 valence electrons. The van der Waals surface area contributed by atoms with Gasteiger partial charge in [0.15, 0.2) is 0 Å². The molecule has 0 radical (unpaired) electrons. The number of hydrogen-bond acceptors (Lipinski definition) is 3. The standard InChI is InChI=1S/C18H26F2N2O2/c1-14(11-15-5-3-4-6-16(15)24-2)12-18(23)22-9-7-21(8-10-22)13-17(19)20/h3-6,14,17H,7-13H2,1-2H3/t14-/m1/s1. The van der Waals surface area contributed by atoms with Crippen molar-refractivity contribution in [3.8, 4) is 5.75 Å². The molecule has 1 aliphatic rings. The van der Waals surface area contributed by atoms with Crippen molar-refractivity contribution in [2.75, 3.05) is 39.8 Å². The molecule has 0 aliphatic carbocycles. The van der Waals surface area contributed by atoms with Gasteiger partial charge in [-0.25, -0.2) is 8.78 Å². The van der Waals surface area contributed by atoms with Gasteiger partial charge in [0.25, 0.3) is 6.43 Å². The van der Waals surface area contributed by atoms with Crippen LogP contribution in [0, 0.1) is 5.92 Å². The van der Waals surface area contributed by atoms with Crippen LogP contribution in [0.1, 0.15) is 18.9 Å². The minimum atomic E-state index is -2.31. The molecule has 1 heterocycles. The van der Waals surface area contributed by atoms with Crippen LogP contribution in [0.4, 0.5) is 8.78 Å². The van der Waals surface area contributed by atoms with Crippen molar-refractivity contribution < 1.29 is 18.3 Å². The first-order chi connectivity index (χ1) is 11.5. The highest BCUT2D eigenvalue weighted by molar-refractivity contribution is 5.76. The summed E-state index contributed by atoms with van der Waals surface area (Å²) in [7, 11) is 1.65. The lowest BCUT2D eigenvalue weighted by molar-refractivity contribution is -0.134. The van der Waals surface area contributed by atoms with E-state index in [0.29, 0.717) is 32.6 Å². The Morgan fingerprint density at radius 1 is 1.21 bits per heavy atom. The van der Waals surface area contributed by atoms with Gasteiger partial charge in [0, 0.05) is 32.6 Å². The maximum absolute atomic E-state index is 12.4. The monoisotopic (exact) mass is 340 g/mol. The number of para-hydroxylation sites is 1. The smallest absolute Gasteiger partial charge is 0.251 e. The molecule has 1 aromatic carbocycles.